The van der Waals surface area contributed by atoms with Gasteiger partial charge in [0.15, 0.2) is 0 Å². The molecule has 0 atom stereocenters. The van der Waals surface area contributed by atoms with Crippen LogP contribution >= 0.6 is 24.8 Å². The van der Waals surface area contributed by atoms with Crippen LogP contribution in [-0.4, -0.2) is 11.9 Å². The van der Waals surface area contributed by atoms with Gasteiger partial charge in [0, 0.05) is 17.1 Å². The first-order valence-electron chi connectivity index (χ1n) is 12.2. The quantitative estimate of drug-likeness (QED) is 0.132. The van der Waals surface area contributed by atoms with Crippen molar-refractivity contribution in [3.63, 3.8) is 0 Å². The molecule has 2 radical (unpaired) electrons. The Bertz CT molecular complexity index is 1750. The van der Waals surface area contributed by atoms with E-state index >= 15 is 0 Å². The number of fused-ring (bicyclic) bond motifs is 3. The Kier molecular flexibility index (Phi) is 15.2. The second-order valence-electron chi connectivity index (χ2n) is 8.96. The van der Waals surface area contributed by atoms with Crippen molar-refractivity contribution in [1.82, 2.24) is 4.98 Å². The topological polar surface area (TPSA) is 12.9 Å². The zero-order valence-corrected chi connectivity index (χ0v) is 28.6. The maximum Gasteiger partial charge on any atom is 0.0773 e. The summed E-state index contributed by atoms with van der Waals surface area (Å²) in [7, 11) is 0. The molecule has 6 aromatic carbocycles. The minimum absolute atomic E-state index is 0. The van der Waals surface area contributed by atoms with Crippen LogP contribution in [-0.2, 0) is 23.3 Å². The van der Waals surface area contributed by atoms with Gasteiger partial charge in [-0.1, -0.05) is 85.3 Å². The van der Waals surface area contributed by atoms with Crippen LogP contribution in [0.2, 0.25) is 0 Å². The molecule has 0 amide bonds. The summed E-state index contributed by atoms with van der Waals surface area (Å²) in [6.45, 7) is 5.19. The van der Waals surface area contributed by atoms with Gasteiger partial charge in [-0.3, -0.25) is 4.98 Å². The number of hydrogen-bond acceptors (Lipinski definition) is 1. The van der Waals surface area contributed by atoms with Gasteiger partial charge in [-0.2, -0.15) is 6.07 Å². The van der Waals surface area contributed by atoms with Gasteiger partial charge in [0.1, 0.15) is 0 Å². The van der Waals surface area contributed by atoms with Crippen LogP contribution in [0.1, 0.15) is 5.56 Å². The van der Waals surface area contributed by atoms with Crippen molar-refractivity contribution in [2.45, 2.75) is 6.92 Å². The molecule has 1 heterocycles. The molecule has 0 fully saturated rings. The average Bonchev–Trinajstić information content (AvgIpc) is 3.57. The number of hydrogen-bond donors (Lipinski definition) is 0. The van der Waals surface area contributed by atoms with E-state index in [2.05, 4.69) is 140 Å². The monoisotopic (exact) mass is 667 g/mol. The molecule has 41 heavy (non-hydrogen) atoms. The molecule has 0 bridgehead atoms. The van der Waals surface area contributed by atoms with E-state index in [1.807, 2.05) is 12.3 Å². The predicted molar refractivity (Wildman–Crippen MR) is 183 cm³/mol. The van der Waals surface area contributed by atoms with E-state index in [1.165, 1.54) is 78.1 Å². The molecular formula is C36H33Cl2NSiZr-4. The normalized spacial score (nSPS) is 9.46. The van der Waals surface area contributed by atoms with Gasteiger partial charge in [-0.15, -0.1) is 100.0 Å². The van der Waals surface area contributed by atoms with Crippen LogP contribution in [0, 0.1) is 21.8 Å². The number of aryl methyl sites for hydroxylation is 1. The summed E-state index contributed by atoms with van der Waals surface area (Å²) in [4.78, 5) is 4.63. The molecule has 0 saturated heterocycles. The summed E-state index contributed by atoms with van der Waals surface area (Å²) >= 11 is 1.36. The molecule has 1 nitrogen and oxygen atoms in total. The summed E-state index contributed by atoms with van der Waals surface area (Å²) < 4.78 is 0. The Morgan fingerprint density at radius 3 is 1.98 bits per heavy atom. The maximum absolute atomic E-state index is 4.63. The van der Waals surface area contributed by atoms with Gasteiger partial charge in [0.25, 0.3) is 0 Å². The molecule has 0 N–H and O–H groups in total. The van der Waals surface area contributed by atoms with Gasteiger partial charge in [-0.25, -0.2) is 0 Å². The second kappa shape index (κ2) is 17.2. The molecule has 1 aromatic heterocycles. The number of nitrogens with zero attached hydrogens (tertiary/aromatic N) is 1. The molecule has 0 spiro atoms. The smallest absolute Gasteiger partial charge is 0.0773 e. The number of pyridine rings is 1. The van der Waals surface area contributed by atoms with Crippen LogP contribution in [0.4, 0.5) is 0 Å². The minimum Gasteiger partial charge on any atom is -0.256 e. The summed E-state index contributed by atoms with van der Waals surface area (Å²) in [5.74, 6) is 0. The molecule has 0 aliphatic heterocycles. The van der Waals surface area contributed by atoms with Crippen LogP contribution < -0.4 is 0 Å². The van der Waals surface area contributed by atoms with Crippen LogP contribution in [0.5, 0.6) is 0 Å². The molecule has 0 aliphatic carbocycles. The van der Waals surface area contributed by atoms with Crippen molar-refractivity contribution in [2.75, 3.05) is 0 Å². The third-order valence-electron chi connectivity index (χ3n) is 6.54. The van der Waals surface area contributed by atoms with Crippen molar-refractivity contribution in [3.05, 3.63) is 154 Å². The van der Waals surface area contributed by atoms with E-state index in [4.69, 9.17) is 0 Å². The van der Waals surface area contributed by atoms with E-state index in [-0.39, 0.29) is 39.7 Å². The van der Waals surface area contributed by atoms with Gasteiger partial charge in [-0.05, 0) is 11.6 Å². The first-order chi connectivity index (χ1) is 18.3. The predicted octanol–water partition coefficient (Wildman–Crippen LogP) is 10.7. The number of halogens is 2. The van der Waals surface area contributed by atoms with Gasteiger partial charge in [0.05, 0.1) is 5.52 Å². The van der Waals surface area contributed by atoms with E-state index in [0.717, 1.165) is 5.52 Å². The second-order valence-corrected chi connectivity index (χ2v) is 8.96. The number of benzene rings is 4. The fourth-order valence-corrected chi connectivity index (χ4v) is 4.89. The molecule has 5 heteroatoms. The van der Waals surface area contributed by atoms with Crippen LogP contribution in [0.3, 0.4) is 0 Å². The number of aromatic nitrogens is 1. The van der Waals surface area contributed by atoms with E-state index in [0.29, 0.717) is 0 Å². The van der Waals surface area contributed by atoms with E-state index in [1.54, 1.807) is 0 Å². The molecule has 0 unspecified atom stereocenters. The first kappa shape index (κ1) is 36.2. The number of para-hydroxylation sites is 1. The maximum atomic E-state index is 4.63. The molecule has 0 aliphatic rings. The van der Waals surface area contributed by atoms with Crippen molar-refractivity contribution in [3.8, 4) is 22.3 Å². The molecule has 7 aromatic rings. The third-order valence-corrected chi connectivity index (χ3v) is 6.54. The molecule has 7 rings (SSSR count). The van der Waals surface area contributed by atoms with E-state index < -0.39 is 0 Å². The van der Waals surface area contributed by atoms with Gasteiger partial charge in [0.2, 0.25) is 0 Å². The molecule has 208 valence electrons. The Morgan fingerprint density at radius 2 is 1.22 bits per heavy atom. The zero-order valence-electron chi connectivity index (χ0n) is 23.5. The summed E-state index contributed by atoms with van der Waals surface area (Å²) in [6.07, 6.45) is 1.87. The Labute approximate surface area is 273 Å². The summed E-state index contributed by atoms with van der Waals surface area (Å²) in [5.41, 5.74) is 7.34. The zero-order chi connectivity index (χ0) is 25.6. The Hall–Kier alpha value is -2.81. The SMILES string of the molecule is Cc1cc2ccccc2[cH-]1.Cl.Cl.[CH3-].[CH3-].[Si]=[Zr].c1ccc(-c2cc3c(-c4cccc5cccnc45)cccc3[cH-]2)cc1. The minimum atomic E-state index is 0. The standard InChI is InChI=1S/C24H16N.C10H9.2CH3.2ClH.Si.Zr/c1-2-7-17(8-3-1)20-15-19-10-5-12-21(23(19)16-20)22-13-4-9-18-11-6-14-25-24(18)22;1-8-6-9-4-2-3-5-10(9)7-8;;;;;;/h1-16H;2-7H,1H3;2*1H3;2*1H;;/q4*-1;;;;. The van der Waals surface area contributed by atoms with E-state index in [9.17, 15) is 0 Å². The Balaban J connectivity index is 0.000000450. The fraction of sp³-hybridized carbons (Fsp3) is 0.0278. The molecule has 0 saturated carbocycles. The van der Waals surface area contributed by atoms with Crippen molar-refractivity contribution < 1.29 is 23.3 Å². The van der Waals surface area contributed by atoms with Crippen LogP contribution in [0.15, 0.2) is 134 Å². The summed E-state index contributed by atoms with van der Waals surface area (Å²) in [6, 6.07) is 45.0. The largest absolute Gasteiger partial charge is 0.256 e. The fourth-order valence-electron chi connectivity index (χ4n) is 4.89. The van der Waals surface area contributed by atoms with Crippen molar-refractivity contribution in [2.24, 2.45) is 0 Å². The van der Waals surface area contributed by atoms with Gasteiger partial charge >= 0.3 is 30.2 Å². The van der Waals surface area contributed by atoms with Gasteiger partial charge < -0.3 is 14.9 Å². The Morgan fingerprint density at radius 1 is 0.610 bits per heavy atom. The number of rotatable bonds is 2. The summed E-state index contributed by atoms with van der Waals surface area (Å²) in [5, 5.41) is 6.41. The third kappa shape index (κ3) is 8.15. The average molecular weight is 670 g/mol. The van der Waals surface area contributed by atoms with Crippen LogP contribution in [0.25, 0.3) is 54.7 Å². The van der Waals surface area contributed by atoms with Crippen molar-refractivity contribution >= 4 is 64.1 Å². The molecular weight excluding hydrogens is 637 g/mol. The van der Waals surface area contributed by atoms with Crippen molar-refractivity contribution in [1.29, 1.82) is 0 Å². The first-order valence-corrected chi connectivity index (χ1v) is 16.4.